The molecular weight excluding hydrogens is 247 g/mol. The molecule has 7 heteroatoms. The van der Waals surface area contributed by atoms with Gasteiger partial charge in [-0.15, -0.1) is 12.4 Å². The van der Waals surface area contributed by atoms with E-state index < -0.39 is 18.3 Å². The van der Waals surface area contributed by atoms with Crippen molar-refractivity contribution >= 4 is 12.4 Å². The van der Waals surface area contributed by atoms with E-state index in [0.717, 1.165) is 6.07 Å². The molecule has 0 saturated carbocycles. The van der Waals surface area contributed by atoms with Crippen molar-refractivity contribution in [2.24, 2.45) is 5.73 Å². The predicted molar refractivity (Wildman–Crippen MR) is 54.3 cm³/mol. The van der Waals surface area contributed by atoms with Gasteiger partial charge < -0.3 is 15.9 Å². The van der Waals surface area contributed by atoms with Crippen LogP contribution in [0.25, 0.3) is 0 Å². The molecule has 0 saturated heterocycles. The maximum absolute atomic E-state index is 12.1. The highest BCUT2D eigenvalue weighted by Crippen LogP contribution is 2.29. The molecule has 92 valence electrons. The maximum atomic E-state index is 12.1. The average Bonchev–Trinajstić information content (AvgIpc) is 2.14. The van der Waals surface area contributed by atoms with Crippen LogP contribution in [0.1, 0.15) is 11.6 Å². The van der Waals surface area contributed by atoms with E-state index in [9.17, 15) is 13.2 Å². The number of phenolic OH excluding ortho intramolecular Hbond substituents is 1. The van der Waals surface area contributed by atoms with Crippen LogP contribution in [0.15, 0.2) is 24.3 Å². The molecule has 0 bridgehead atoms. The van der Waals surface area contributed by atoms with Gasteiger partial charge in [0.05, 0.1) is 6.04 Å². The first-order valence-corrected chi connectivity index (χ1v) is 4.11. The number of aliphatic hydroxyl groups is 1. The Hall–Kier alpha value is -0.980. The molecular formula is C9H11ClF3NO2. The van der Waals surface area contributed by atoms with Crippen molar-refractivity contribution in [3.05, 3.63) is 29.8 Å². The summed E-state index contributed by atoms with van der Waals surface area (Å²) in [6.07, 6.45) is -7.41. The van der Waals surface area contributed by atoms with E-state index in [1.165, 1.54) is 18.2 Å². The van der Waals surface area contributed by atoms with E-state index in [-0.39, 0.29) is 23.7 Å². The predicted octanol–water partition coefficient (Wildman–Crippen LogP) is 1.74. The van der Waals surface area contributed by atoms with E-state index in [0.29, 0.717) is 0 Å². The molecule has 0 spiro atoms. The molecule has 2 atom stereocenters. The Bertz CT molecular complexity index is 346. The third-order valence-corrected chi connectivity index (χ3v) is 1.93. The van der Waals surface area contributed by atoms with Crippen LogP contribution in [0, 0.1) is 0 Å². The van der Waals surface area contributed by atoms with Gasteiger partial charge in [-0.1, -0.05) is 12.1 Å². The van der Waals surface area contributed by atoms with Crippen LogP contribution in [0.5, 0.6) is 5.75 Å². The number of halogens is 4. The molecule has 0 aliphatic heterocycles. The lowest BCUT2D eigenvalue weighted by atomic mass is 10.0. The van der Waals surface area contributed by atoms with Gasteiger partial charge in [-0.25, -0.2) is 0 Å². The number of phenols is 1. The number of benzene rings is 1. The summed E-state index contributed by atoms with van der Waals surface area (Å²) in [5.74, 6) is -0.197. The minimum Gasteiger partial charge on any atom is -0.508 e. The summed E-state index contributed by atoms with van der Waals surface area (Å²) in [6, 6.07) is 3.44. The summed E-state index contributed by atoms with van der Waals surface area (Å²) in [4.78, 5) is 0. The van der Waals surface area contributed by atoms with Crippen molar-refractivity contribution in [1.82, 2.24) is 0 Å². The molecule has 0 radical (unpaired) electrons. The normalized spacial score (nSPS) is 15.1. The second-order valence-corrected chi connectivity index (χ2v) is 3.11. The maximum Gasteiger partial charge on any atom is 0.416 e. The molecule has 0 heterocycles. The fraction of sp³-hybridized carbons (Fsp3) is 0.333. The van der Waals surface area contributed by atoms with Gasteiger partial charge >= 0.3 is 6.18 Å². The van der Waals surface area contributed by atoms with Crippen LogP contribution in [0.3, 0.4) is 0 Å². The molecule has 0 unspecified atom stereocenters. The molecule has 0 fully saturated rings. The number of hydrogen-bond acceptors (Lipinski definition) is 3. The Morgan fingerprint density at radius 3 is 2.25 bits per heavy atom. The summed E-state index contributed by atoms with van der Waals surface area (Å²) in [6.45, 7) is 0. The minimum absolute atomic E-state index is 0. The van der Waals surface area contributed by atoms with Gasteiger partial charge in [0.1, 0.15) is 5.75 Å². The number of rotatable bonds is 2. The second kappa shape index (κ2) is 5.38. The summed E-state index contributed by atoms with van der Waals surface area (Å²) >= 11 is 0. The number of hydrogen-bond donors (Lipinski definition) is 3. The van der Waals surface area contributed by atoms with E-state index in [4.69, 9.17) is 15.9 Å². The molecule has 0 aromatic heterocycles. The topological polar surface area (TPSA) is 66.5 Å². The van der Waals surface area contributed by atoms with Crippen LogP contribution >= 0.6 is 12.4 Å². The van der Waals surface area contributed by atoms with Crippen molar-refractivity contribution in [3.63, 3.8) is 0 Å². The van der Waals surface area contributed by atoms with Crippen LogP contribution in [0.2, 0.25) is 0 Å². The zero-order valence-electron chi connectivity index (χ0n) is 7.98. The third kappa shape index (κ3) is 3.55. The molecule has 0 amide bonds. The van der Waals surface area contributed by atoms with Crippen molar-refractivity contribution in [2.45, 2.75) is 18.3 Å². The molecule has 4 N–H and O–H groups in total. The van der Waals surface area contributed by atoms with E-state index >= 15 is 0 Å². The Morgan fingerprint density at radius 2 is 1.81 bits per heavy atom. The molecule has 1 aromatic carbocycles. The minimum atomic E-state index is -4.77. The second-order valence-electron chi connectivity index (χ2n) is 3.11. The van der Waals surface area contributed by atoms with Crippen molar-refractivity contribution < 1.29 is 23.4 Å². The fourth-order valence-corrected chi connectivity index (χ4v) is 1.12. The van der Waals surface area contributed by atoms with Crippen molar-refractivity contribution in [2.75, 3.05) is 0 Å². The summed E-state index contributed by atoms with van der Waals surface area (Å²) < 4.78 is 36.3. The van der Waals surface area contributed by atoms with Gasteiger partial charge in [0.15, 0.2) is 6.10 Å². The van der Waals surface area contributed by atoms with Gasteiger partial charge in [-0.2, -0.15) is 13.2 Å². The summed E-state index contributed by atoms with van der Waals surface area (Å²) in [7, 11) is 0. The monoisotopic (exact) mass is 257 g/mol. The first kappa shape index (κ1) is 15.0. The van der Waals surface area contributed by atoms with Gasteiger partial charge in [0.2, 0.25) is 0 Å². The highest BCUT2D eigenvalue weighted by Gasteiger charge is 2.42. The van der Waals surface area contributed by atoms with E-state index in [1.54, 1.807) is 0 Å². The van der Waals surface area contributed by atoms with Gasteiger partial charge in [0, 0.05) is 0 Å². The summed E-state index contributed by atoms with van der Waals surface area (Å²) in [5.41, 5.74) is 5.24. The van der Waals surface area contributed by atoms with E-state index in [1.807, 2.05) is 0 Å². The van der Waals surface area contributed by atoms with Crippen LogP contribution in [-0.2, 0) is 0 Å². The molecule has 0 aliphatic rings. The third-order valence-electron chi connectivity index (χ3n) is 1.93. The lowest BCUT2D eigenvalue weighted by Gasteiger charge is -2.21. The first-order chi connectivity index (χ1) is 6.82. The summed E-state index contributed by atoms with van der Waals surface area (Å²) in [5, 5.41) is 17.9. The Kier molecular flexibility index (Phi) is 5.05. The molecule has 0 aliphatic carbocycles. The number of alkyl halides is 3. The Balaban J connectivity index is 0.00000225. The van der Waals surface area contributed by atoms with Crippen LogP contribution < -0.4 is 5.73 Å². The first-order valence-electron chi connectivity index (χ1n) is 4.11. The lowest BCUT2D eigenvalue weighted by Crippen LogP contribution is -2.38. The Labute approximate surface area is 96.1 Å². The highest BCUT2D eigenvalue weighted by molar-refractivity contribution is 5.85. The number of aromatic hydroxyl groups is 1. The molecule has 1 rings (SSSR count). The SMILES string of the molecule is Cl.N[C@H](c1cccc(O)c1)[C@@H](O)C(F)(F)F. The van der Waals surface area contributed by atoms with E-state index in [2.05, 4.69) is 0 Å². The Morgan fingerprint density at radius 1 is 1.25 bits per heavy atom. The zero-order chi connectivity index (χ0) is 11.6. The fourth-order valence-electron chi connectivity index (χ4n) is 1.12. The zero-order valence-corrected chi connectivity index (χ0v) is 8.79. The van der Waals surface area contributed by atoms with Crippen molar-refractivity contribution in [1.29, 1.82) is 0 Å². The molecule has 3 nitrogen and oxygen atoms in total. The molecule has 16 heavy (non-hydrogen) atoms. The largest absolute Gasteiger partial charge is 0.508 e. The smallest absolute Gasteiger partial charge is 0.416 e. The highest BCUT2D eigenvalue weighted by atomic mass is 35.5. The number of nitrogens with two attached hydrogens (primary N) is 1. The quantitative estimate of drug-likeness (QED) is 0.756. The van der Waals surface area contributed by atoms with Crippen molar-refractivity contribution in [3.8, 4) is 5.75 Å². The average molecular weight is 258 g/mol. The van der Waals surface area contributed by atoms with Gasteiger partial charge in [-0.05, 0) is 17.7 Å². The van der Waals surface area contributed by atoms with Gasteiger partial charge in [-0.3, -0.25) is 0 Å². The standard InChI is InChI=1S/C9H10F3NO2.ClH/c10-9(11,12)8(15)7(13)5-2-1-3-6(14)4-5;/h1-4,7-8,14-15H,13H2;1H/t7-,8-;/m1./s1. The lowest BCUT2D eigenvalue weighted by molar-refractivity contribution is -0.210. The van der Waals surface area contributed by atoms with Crippen LogP contribution in [0.4, 0.5) is 13.2 Å². The molecule has 1 aromatic rings. The number of aliphatic hydroxyl groups excluding tert-OH is 1. The van der Waals surface area contributed by atoms with Gasteiger partial charge in [0.25, 0.3) is 0 Å². The van der Waals surface area contributed by atoms with Crippen LogP contribution in [-0.4, -0.2) is 22.5 Å².